The molecule has 0 aliphatic carbocycles. The Morgan fingerprint density at radius 1 is 1.20 bits per heavy atom. The highest BCUT2D eigenvalue weighted by Crippen LogP contribution is 2.27. The zero-order valence-corrected chi connectivity index (χ0v) is 12.9. The van der Waals surface area contributed by atoms with Gasteiger partial charge in [0.15, 0.2) is 0 Å². The average molecular weight is 333 g/mol. The van der Waals surface area contributed by atoms with Crippen LogP contribution in [-0.2, 0) is 4.79 Å². The Bertz CT molecular complexity index is 599. The summed E-state index contributed by atoms with van der Waals surface area (Å²) in [6, 6.07) is 15.3. The van der Waals surface area contributed by atoms with Crippen molar-refractivity contribution in [2.75, 3.05) is 11.9 Å². The normalized spacial score (nSPS) is 11.9. The van der Waals surface area contributed by atoms with Crippen LogP contribution in [0.1, 0.15) is 17.0 Å². The van der Waals surface area contributed by atoms with Crippen molar-refractivity contribution in [1.82, 2.24) is 0 Å². The van der Waals surface area contributed by atoms with Crippen LogP contribution in [0.4, 0.5) is 5.69 Å². The molecule has 1 atom stereocenters. The van der Waals surface area contributed by atoms with E-state index in [-0.39, 0.29) is 18.4 Å². The van der Waals surface area contributed by atoms with Gasteiger partial charge in [-0.2, -0.15) is 0 Å². The first kappa shape index (κ1) is 14.8. The molecule has 104 valence electrons. The van der Waals surface area contributed by atoms with Gasteiger partial charge in [-0.25, -0.2) is 0 Å². The number of nitrogens with two attached hydrogens (primary N) is 1. The van der Waals surface area contributed by atoms with E-state index in [1.807, 2.05) is 55.5 Å². The van der Waals surface area contributed by atoms with Crippen LogP contribution < -0.4 is 11.1 Å². The Labute approximate surface area is 127 Å². The number of anilines is 1. The number of hydrogen-bond acceptors (Lipinski definition) is 2. The third-order valence-corrected chi connectivity index (χ3v) is 4.26. The van der Waals surface area contributed by atoms with Crippen LogP contribution in [-0.4, -0.2) is 12.5 Å². The Kier molecular flexibility index (Phi) is 4.93. The molecule has 3 N–H and O–H groups in total. The van der Waals surface area contributed by atoms with Gasteiger partial charge in [0.25, 0.3) is 0 Å². The fourth-order valence-electron chi connectivity index (χ4n) is 2.04. The summed E-state index contributed by atoms with van der Waals surface area (Å²) < 4.78 is 0.900. The average Bonchev–Trinajstić information content (AvgIpc) is 2.46. The van der Waals surface area contributed by atoms with Crippen molar-refractivity contribution >= 4 is 27.5 Å². The van der Waals surface area contributed by atoms with Gasteiger partial charge in [0.1, 0.15) is 0 Å². The Balaban J connectivity index is 2.20. The van der Waals surface area contributed by atoms with E-state index in [2.05, 4.69) is 21.2 Å². The molecule has 1 amide bonds. The van der Waals surface area contributed by atoms with Crippen molar-refractivity contribution in [1.29, 1.82) is 0 Å². The maximum atomic E-state index is 12.4. The second-order valence-corrected chi connectivity index (χ2v) is 5.42. The minimum atomic E-state index is -0.344. The zero-order chi connectivity index (χ0) is 14.5. The molecular formula is C16H17BrN2O. The number of benzene rings is 2. The summed E-state index contributed by atoms with van der Waals surface area (Å²) in [6.45, 7) is 2.26. The van der Waals surface area contributed by atoms with Crippen molar-refractivity contribution in [2.45, 2.75) is 12.8 Å². The van der Waals surface area contributed by atoms with Crippen LogP contribution in [0, 0.1) is 6.92 Å². The number of amides is 1. The number of nitrogens with one attached hydrogen (secondary N) is 1. The quantitative estimate of drug-likeness (QED) is 0.901. The van der Waals surface area contributed by atoms with E-state index >= 15 is 0 Å². The molecule has 0 aromatic heterocycles. The Hall–Kier alpha value is -1.65. The highest BCUT2D eigenvalue weighted by Gasteiger charge is 2.19. The lowest BCUT2D eigenvalue weighted by molar-refractivity contribution is -0.117. The monoisotopic (exact) mass is 332 g/mol. The van der Waals surface area contributed by atoms with Crippen LogP contribution in [0.2, 0.25) is 0 Å². The molecule has 0 aliphatic heterocycles. The van der Waals surface area contributed by atoms with Crippen LogP contribution >= 0.6 is 15.9 Å². The smallest absolute Gasteiger partial charge is 0.233 e. The molecule has 0 spiro atoms. The van der Waals surface area contributed by atoms with E-state index in [0.29, 0.717) is 0 Å². The van der Waals surface area contributed by atoms with Gasteiger partial charge in [-0.15, -0.1) is 0 Å². The third kappa shape index (κ3) is 3.26. The van der Waals surface area contributed by atoms with E-state index in [4.69, 9.17) is 5.73 Å². The topological polar surface area (TPSA) is 55.1 Å². The summed E-state index contributed by atoms with van der Waals surface area (Å²) in [4.78, 5) is 12.4. The molecule has 4 heteroatoms. The molecule has 0 radical (unpaired) electrons. The predicted molar refractivity (Wildman–Crippen MR) is 85.7 cm³/mol. The summed E-state index contributed by atoms with van der Waals surface area (Å²) in [5, 5.41) is 2.93. The maximum absolute atomic E-state index is 12.4. The zero-order valence-electron chi connectivity index (χ0n) is 11.3. The first-order valence-electron chi connectivity index (χ1n) is 6.44. The van der Waals surface area contributed by atoms with E-state index in [1.54, 1.807) is 0 Å². The van der Waals surface area contributed by atoms with Crippen molar-refractivity contribution in [3.63, 3.8) is 0 Å². The second-order valence-electron chi connectivity index (χ2n) is 4.62. The largest absolute Gasteiger partial charge is 0.329 e. The highest BCUT2D eigenvalue weighted by atomic mass is 79.9. The molecule has 2 aromatic rings. The number of halogens is 1. The van der Waals surface area contributed by atoms with Crippen molar-refractivity contribution < 1.29 is 4.79 Å². The van der Waals surface area contributed by atoms with E-state index in [1.165, 1.54) is 0 Å². The van der Waals surface area contributed by atoms with Gasteiger partial charge in [0, 0.05) is 11.0 Å². The summed E-state index contributed by atoms with van der Waals surface area (Å²) in [5.41, 5.74) is 8.53. The number of aryl methyl sites for hydroxylation is 1. The Morgan fingerprint density at radius 3 is 2.55 bits per heavy atom. The second kappa shape index (κ2) is 6.68. The fraction of sp³-hybridized carbons (Fsp3) is 0.188. The van der Waals surface area contributed by atoms with Gasteiger partial charge in [-0.05, 0) is 40.0 Å². The molecule has 0 saturated heterocycles. The number of hydrogen-bond donors (Lipinski definition) is 2. The van der Waals surface area contributed by atoms with Gasteiger partial charge in [0.2, 0.25) is 5.91 Å². The first-order chi connectivity index (χ1) is 9.63. The van der Waals surface area contributed by atoms with Crippen LogP contribution in [0.25, 0.3) is 0 Å². The van der Waals surface area contributed by atoms with Gasteiger partial charge < -0.3 is 11.1 Å². The molecule has 0 fully saturated rings. The summed E-state index contributed by atoms with van der Waals surface area (Å²) >= 11 is 3.49. The van der Waals surface area contributed by atoms with Gasteiger partial charge in [-0.3, -0.25) is 4.79 Å². The van der Waals surface area contributed by atoms with E-state index in [0.717, 1.165) is 21.3 Å². The first-order valence-corrected chi connectivity index (χ1v) is 7.23. The molecule has 0 heterocycles. The molecule has 1 unspecified atom stereocenters. The van der Waals surface area contributed by atoms with Gasteiger partial charge >= 0.3 is 0 Å². The third-order valence-electron chi connectivity index (χ3n) is 3.20. The van der Waals surface area contributed by atoms with Crippen molar-refractivity contribution in [3.8, 4) is 0 Å². The number of carbonyl (C=O) groups is 1. The summed E-state index contributed by atoms with van der Waals surface area (Å²) in [5.74, 6) is -0.436. The maximum Gasteiger partial charge on any atom is 0.233 e. The number of rotatable bonds is 4. The summed E-state index contributed by atoms with van der Waals surface area (Å²) in [7, 11) is 0. The van der Waals surface area contributed by atoms with E-state index in [9.17, 15) is 4.79 Å². The van der Waals surface area contributed by atoms with Crippen LogP contribution in [0.3, 0.4) is 0 Å². The molecule has 0 saturated carbocycles. The molecule has 2 rings (SSSR count). The van der Waals surface area contributed by atoms with Gasteiger partial charge in [0.05, 0.1) is 11.6 Å². The fourth-order valence-corrected chi connectivity index (χ4v) is 2.41. The Morgan fingerprint density at radius 2 is 1.90 bits per heavy atom. The highest BCUT2D eigenvalue weighted by molar-refractivity contribution is 9.10. The minimum absolute atomic E-state index is 0.0926. The summed E-state index contributed by atoms with van der Waals surface area (Å²) in [6.07, 6.45) is 0. The van der Waals surface area contributed by atoms with Crippen molar-refractivity contribution in [3.05, 3.63) is 64.1 Å². The molecular weight excluding hydrogens is 316 g/mol. The number of carbonyl (C=O) groups excluding carboxylic acids is 1. The molecule has 2 aromatic carbocycles. The molecule has 0 bridgehead atoms. The molecule has 0 aliphatic rings. The van der Waals surface area contributed by atoms with Crippen LogP contribution in [0.15, 0.2) is 53.0 Å². The van der Waals surface area contributed by atoms with Crippen LogP contribution in [0.5, 0.6) is 0 Å². The lowest BCUT2D eigenvalue weighted by atomic mass is 9.98. The molecule has 3 nitrogen and oxygen atoms in total. The lowest BCUT2D eigenvalue weighted by Crippen LogP contribution is -2.27. The standard InChI is InChI=1S/C16H17BrN2O/c1-11-6-5-9-14(15(11)17)19-16(20)13(10-18)12-7-3-2-4-8-12/h2-9,13H,10,18H2,1H3,(H,19,20). The van der Waals surface area contributed by atoms with Gasteiger partial charge in [-0.1, -0.05) is 42.5 Å². The van der Waals surface area contributed by atoms with E-state index < -0.39 is 0 Å². The SMILES string of the molecule is Cc1cccc(NC(=O)C(CN)c2ccccc2)c1Br. The predicted octanol–water partition coefficient (Wildman–Crippen LogP) is 3.44. The molecule has 20 heavy (non-hydrogen) atoms. The lowest BCUT2D eigenvalue weighted by Gasteiger charge is -2.16. The van der Waals surface area contributed by atoms with Crippen molar-refractivity contribution in [2.24, 2.45) is 5.73 Å². The minimum Gasteiger partial charge on any atom is -0.329 e.